The highest BCUT2D eigenvalue weighted by Gasteiger charge is 2.32. The Balaban J connectivity index is 2.59. The number of nitrogens with one attached hydrogen (secondary N) is 1. The van der Waals surface area contributed by atoms with Gasteiger partial charge in [0, 0.05) is 19.1 Å². The second-order valence-electron chi connectivity index (χ2n) is 5.64. The number of rotatable bonds is 7. The largest absolute Gasteiger partial charge is 0.481 e. The van der Waals surface area contributed by atoms with Gasteiger partial charge in [-0.2, -0.15) is 17.4 Å². The molecule has 20 heavy (non-hydrogen) atoms. The Bertz CT molecular complexity index is 416. The van der Waals surface area contributed by atoms with Crippen LogP contribution in [0.15, 0.2) is 0 Å². The Labute approximate surface area is 120 Å². The molecule has 0 aromatic rings. The summed E-state index contributed by atoms with van der Waals surface area (Å²) in [6.45, 7) is 4.06. The van der Waals surface area contributed by atoms with Crippen LogP contribution in [0.25, 0.3) is 0 Å². The van der Waals surface area contributed by atoms with E-state index >= 15 is 0 Å². The lowest BCUT2D eigenvalue weighted by Crippen LogP contribution is -2.50. The minimum absolute atomic E-state index is 0.201. The number of aliphatic hydroxyl groups is 1. The molecule has 0 spiro atoms. The molecule has 7 nitrogen and oxygen atoms in total. The number of carbonyl (C=O) groups is 1. The van der Waals surface area contributed by atoms with Crippen LogP contribution < -0.4 is 4.72 Å². The number of hydrogen-bond acceptors (Lipinski definition) is 4. The number of nitrogens with zero attached hydrogens (tertiary/aromatic N) is 1. The number of aliphatic carboxylic acids is 1. The summed E-state index contributed by atoms with van der Waals surface area (Å²) in [5.41, 5.74) is 0. The first-order valence-corrected chi connectivity index (χ1v) is 8.31. The summed E-state index contributed by atoms with van der Waals surface area (Å²) >= 11 is 0. The average Bonchev–Trinajstić information content (AvgIpc) is 2.37. The van der Waals surface area contributed by atoms with Crippen molar-refractivity contribution in [3.8, 4) is 0 Å². The van der Waals surface area contributed by atoms with Gasteiger partial charge in [0.05, 0.1) is 12.5 Å². The van der Waals surface area contributed by atoms with E-state index in [1.807, 2.05) is 13.8 Å². The van der Waals surface area contributed by atoms with Gasteiger partial charge in [0.15, 0.2) is 0 Å². The molecule has 3 N–H and O–H groups in total. The summed E-state index contributed by atoms with van der Waals surface area (Å²) < 4.78 is 28.1. The molecule has 8 heteroatoms. The zero-order chi connectivity index (χ0) is 15.3. The molecule has 0 amide bonds. The van der Waals surface area contributed by atoms with Crippen molar-refractivity contribution in [2.24, 2.45) is 11.8 Å². The van der Waals surface area contributed by atoms with E-state index in [2.05, 4.69) is 4.72 Å². The standard InChI is InChI=1S/C12H24N2O5S/c1-9(2)7-11(8-15)13-20(18,19)14-5-3-10(4-6-14)12(16)17/h9-11,13,15H,3-8H2,1-2H3,(H,16,17). The van der Waals surface area contributed by atoms with E-state index in [9.17, 15) is 18.3 Å². The van der Waals surface area contributed by atoms with Crippen molar-refractivity contribution in [2.45, 2.75) is 39.2 Å². The molecule has 1 atom stereocenters. The zero-order valence-corrected chi connectivity index (χ0v) is 12.8. The second-order valence-corrected chi connectivity index (χ2v) is 7.35. The van der Waals surface area contributed by atoms with Gasteiger partial charge in [0.25, 0.3) is 10.2 Å². The van der Waals surface area contributed by atoms with E-state index < -0.39 is 28.1 Å². The summed E-state index contributed by atoms with van der Waals surface area (Å²) in [7, 11) is -3.66. The number of hydrogen-bond donors (Lipinski definition) is 3. The van der Waals surface area contributed by atoms with Crippen LogP contribution in [0.3, 0.4) is 0 Å². The van der Waals surface area contributed by atoms with E-state index in [-0.39, 0.29) is 25.6 Å². The molecule has 1 fully saturated rings. The fourth-order valence-electron chi connectivity index (χ4n) is 2.36. The number of carboxylic acids is 1. The first kappa shape index (κ1) is 17.4. The van der Waals surface area contributed by atoms with Gasteiger partial charge in [-0.05, 0) is 25.2 Å². The number of carboxylic acid groups (broad SMARTS) is 1. The Morgan fingerprint density at radius 2 is 1.90 bits per heavy atom. The van der Waals surface area contributed by atoms with Crippen LogP contribution in [0.1, 0.15) is 33.1 Å². The van der Waals surface area contributed by atoms with Gasteiger partial charge in [0.2, 0.25) is 0 Å². The monoisotopic (exact) mass is 308 g/mol. The van der Waals surface area contributed by atoms with Crippen LogP contribution in [0.5, 0.6) is 0 Å². The highest BCUT2D eigenvalue weighted by molar-refractivity contribution is 7.87. The maximum absolute atomic E-state index is 12.2. The van der Waals surface area contributed by atoms with Crippen molar-refractivity contribution in [3.05, 3.63) is 0 Å². The lowest BCUT2D eigenvalue weighted by molar-refractivity contribution is -0.142. The highest BCUT2D eigenvalue weighted by Crippen LogP contribution is 2.19. The van der Waals surface area contributed by atoms with Crippen LogP contribution in [0.2, 0.25) is 0 Å². The lowest BCUT2D eigenvalue weighted by Gasteiger charge is -2.31. The molecule has 1 unspecified atom stereocenters. The Kier molecular flexibility index (Phi) is 6.38. The molecule has 0 bridgehead atoms. The number of aliphatic hydroxyl groups excluding tert-OH is 1. The molecule has 118 valence electrons. The summed E-state index contributed by atoms with van der Waals surface area (Å²) in [6.07, 6.45) is 1.20. The van der Waals surface area contributed by atoms with Crippen molar-refractivity contribution in [3.63, 3.8) is 0 Å². The molecule has 0 aromatic heterocycles. The third-order valence-electron chi connectivity index (χ3n) is 3.43. The molecular formula is C12H24N2O5S. The SMILES string of the molecule is CC(C)CC(CO)NS(=O)(=O)N1CCC(C(=O)O)CC1. The van der Waals surface area contributed by atoms with Crippen molar-refractivity contribution < 1.29 is 23.4 Å². The topological polar surface area (TPSA) is 107 Å². The third-order valence-corrected chi connectivity index (χ3v) is 5.11. The highest BCUT2D eigenvalue weighted by atomic mass is 32.2. The van der Waals surface area contributed by atoms with E-state index in [0.29, 0.717) is 19.3 Å². The molecule has 0 radical (unpaired) electrons. The molecule has 0 saturated carbocycles. The minimum Gasteiger partial charge on any atom is -0.481 e. The van der Waals surface area contributed by atoms with Crippen LogP contribution in [-0.4, -0.2) is 54.6 Å². The van der Waals surface area contributed by atoms with Crippen LogP contribution >= 0.6 is 0 Å². The molecule has 1 aliphatic rings. The summed E-state index contributed by atoms with van der Waals surface area (Å²) in [4.78, 5) is 10.8. The maximum Gasteiger partial charge on any atom is 0.306 e. The normalized spacial score (nSPS) is 20.2. The predicted octanol–water partition coefficient (Wildman–Crippen LogP) is 0.0244. The first-order valence-electron chi connectivity index (χ1n) is 6.87. The Hall–Kier alpha value is -0.700. The summed E-state index contributed by atoms with van der Waals surface area (Å²) in [6, 6.07) is -0.503. The smallest absolute Gasteiger partial charge is 0.306 e. The van der Waals surface area contributed by atoms with Gasteiger partial charge in [0.1, 0.15) is 0 Å². The fourth-order valence-corrected chi connectivity index (χ4v) is 3.79. The molecule has 1 saturated heterocycles. The second kappa shape index (κ2) is 7.35. The molecule has 1 heterocycles. The zero-order valence-electron chi connectivity index (χ0n) is 11.9. The average molecular weight is 308 g/mol. The maximum atomic E-state index is 12.2. The first-order chi connectivity index (χ1) is 9.26. The van der Waals surface area contributed by atoms with Gasteiger partial charge in [-0.25, -0.2) is 0 Å². The minimum atomic E-state index is -3.66. The third kappa shape index (κ3) is 5.01. The van der Waals surface area contributed by atoms with E-state index in [1.165, 1.54) is 4.31 Å². The van der Waals surface area contributed by atoms with Crippen molar-refractivity contribution in [1.82, 2.24) is 9.03 Å². The van der Waals surface area contributed by atoms with Gasteiger partial charge in [-0.1, -0.05) is 13.8 Å². The Morgan fingerprint density at radius 3 is 2.30 bits per heavy atom. The molecule has 0 aliphatic carbocycles. The lowest BCUT2D eigenvalue weighted by atomic mass is 9.99. The van der Waals surface area contributed by atoms with Gasteiger partial charge >= 0.3 is 5.97 Å². The Morgan fingerprint density at radius 1 is 1.35 bits per heavy atom. The van der Waals surface area contributed by atoms with Gasteiger partial charge in [-0.3, -0.25) is 4.79 Å². The fraction of sp³-hybridized carbons (Fsp3) is 0.917. The molecule has 1 rings (SSSR count). The number of piperidine rings is 1. The predicted molar refractivity (Wildman–Crippen MR) is 74.3 cm³/mol. The van der Waals surface area contributed by atoms with E-state index in [1.54, 1.807) is 0 Å². The molecule has 1 aliphatic heterocycles. The van der Waals surface area contributed by atoms with Gasteiger partial charge in [-0.15, -0.1) is 0 Å². The summed E-state index contributed by atoms with van der Waals surface area (Å²) in [5, 5.41) is 18.1. The van der Waals surface area contributed by atoms with Crippen molar-refractivity contribution in [1.29, 1.82) is 0 Å². The van der Waals surface area contributed by atoms with Crippen molar-refractivity contribution >= 4 is 16.2 Å². The summed E-state index contributed by atoms with van der Waals surface area (Å²) in [5.74, 6) is -1.07. The van der Waals surface area contributed by atoms with Crippen molar-refractivity contribution in [2.75, 3.05) is 19.7 Å². The molecular weight excluding hydrogens is 284 g/mol. The molecule has 0 aromatic carbocycles. The quantitative estimate of drug-likeness (QED) is 0.615. The van der Waals surface area contributed by atoms with E-state index in [0.717, 1.165) is 0 Å². The van der Waals surface area contributed by atoms with Gasteiger partial charge < -0.3 is 10.2 Å². The van der Waals surface area contributed by atoms with Crippen LogP contribution in [0, 0.1) is 11.8 Å². The van der Waals surface area contributed by atoms with E-state index in [4.69, 9.17) is 5.11 Å². The van der Waals surface area contributed by atoms with Crippen LogP contribution in [0.4, 0.5) is 0 Å². The van der Waals surface area contributed by atoms with Crippen LogP contribution in [-0.2, 0) is 15.0 Å².